The molecule has 128 valence electrons. The van der Waals surface area contributed by atoms with E-state index in [2.05, 4.69) is 9.97 Å². The van der Waals surface area contributed by atoms with Crippen LogP contribution in [-0.2, 0) is 0 Å². The van der Waals surface area contributed by atoms with Crippen molar-refractivity contribution in [1.82, 2.24) is 14.9 Å². The number of piperidine rings is 1. The summed E-state index contributed by atoms with van der Waals surface area (Å²) in [5.74, 6) is -0.754. The highest BCUT2D eigenvalue weighted by Gasteiger charge is 2.30. The van der Waals surface area contributed by atoms with E-state index < -0.39 is 5.76 Å². The first-order valence-corrected chi connectivity index (χ1v) is 8.25. The van der Waals surface area contributed by atoms with Gasteiger partial charge in [-0.1, -0.05) is 12.1 Å². The zero-order valence-corrected chi connectivity index (χ0v) is 13.5. The molecule has 4 rings (SSSR count). The van der Waals surface area contributed by atoms with Crippen molar-refractivity contribution in [2.45, 2.75) is 25.3 Å². The fourth-order valence-corrected chi connectivity index (χ4v) is 3.45. The SMILES string of the molecule is O=C(c1cccc2[nH]c(=O)oc12)N1CCCCC1c1ccc(=O)[nH]c1. The lowest BCUT2D eigenvalue weighted by atomic mass is 9.95. The van der Waals surface area contributed by atoms with Crippen LogP contribution in [0.4, 0.5) is 0 Å². The van der Waals surface area contributed by atoms with Crippen LogP contribution in [0.25, 0.3) is 11.1 Å². The second kappa shape index (κ2) is 6.08. The Balaban J connectivity index is 1.74. The molecule has 1 saturated heterocycles. The second-order valence-corrected chi connectivity index (χ2v) is 6.19. The molecule has 0 aliphatic carbocycles. The highest BCUT2D eigenvalue weighted by atomic mass is 16.4. The molecule has 3 aromatic rings. The maximum Gasteiger partial charge on any atom is 0.417 e. The standard InChI is InChI=1S/C18H17N3O4/c22-15-8-7-11(10-19-15)14-6-1-2-9-21(14)17(23)12-4-3-5-13-16(12)25-18(24)20-13/h3-5,7-8,10,14H,1-2,6,9H2,(H,19,22)(H,20,24). The number of likely N-dealkylation sites (tertiary alicyclic amines) is 1. The molecular weight excluding hydrogens is 322 g/mol. The zero-order valence-electron chi connectivity index (χ0n) is 13.5. The molecule has 1 fully saturated rings. The molecule has 0 radical (unpaired) electrons. The Kier molecular flexibility index (Phi) is 3.76. The van der Waals surface area contributed by atoms with Crippen molar-refractivity contribution in [1.29, 1.82) is 0 Å². The van der Waals surface area contributed by atoms with E-state index in [4.69, 9.17) is 4.42 Å². The summed E-state index contributed by atoms with van der Waals surface area (Å²) >= 11 is 0. The Labute approximate surface area is 142 Å². The summed E-state index contributed by atoms with van der Waals surface area (Å²) in [6.07, 6.45) is 4.41. The number of pyridine rings is 1. The number of carbonyl (C=O) groups excluding carboxylic acids is 1. The fraction of sp³-hybridized carbons (Fsp3) is 0.278. The van der Waals surface area contributed by atoms with E-state index in [0.717, 1.165) is 24.8 Å². The molecule has 7 heteroatoms. The van der Waals surface area contributed by atoms with Gasteiger partial charge in [0.05, 0.1) is 17.1 Å². The minimum Gasteiger partial charge on any atom is -0.407 e. The Hall–Kier alpha value is -3.09. The molecule has 1 amide bonds. The molecule has 3 heterocycles. The maximum atomic E-state index is 13.2. The van der Waals surface area contributed by atoms with Gasteiger partial charge < -0.3 is 14.3 Å². The van der Waals surface area contributed by atoms with Crippen molar-refractivity contribution in [3.8, 4) is 0 Å². The predicted octanol–water partition coefficient (Wildman–Crippen LogP) is 2.18. The summed E-state index contributed by atoms with van der Waals surface area (Å²) in [7, 11) is 0. The van der Waals surface area contributed by atoms with Gasteiger partial charge in [-0.3, -0.25) is 14.6 Å². The van der Waals surface area contributed by atoms with Crippen LogP contribution in [0.2, 0.25) is 0 Å². The average Bonchev–Trinajstić information content (AvgIpc) is 3.02. The van der Waals surface area contributed by atoms with E-state index in [9.17, 15) is 14.4 Å². The van der Waals surface area contributed by atoms with Crippen molar-refractivity contribution in [3.63, 3.8) is 0 Å². The topological polar surface area (TPSA) is 99.2 Å². The third kappa shape index (κ3) is 2.77. The van der Waals surface area contributed by atoms with Crippen LogP contribution in [0.3, 0.4) is 0 Å². The Morgan fingerprint density at radius 1 is 1.16 bits per heavy atom. The van der Waals surface area contributed by atoms with Crippen LogP contribution >= 0.6 is 0 Å². The third-order valence-electron chi connectivity index (χ3n) is 4.63. The normalized spacial score (nSPS) is 17.8. The van der Waals surface area contributed by atoms with E-state index in [1.54, 1.807) is 35.4 Å². The van der Waals surface area contributed by atoms with Crippen LogP contribution in [-0.4, -0.2) is 27.3 Å². The van der Waals surface area contributed by atoms with E-state index in [1.165, 1.54) is 6.07 Å². The maximum absolute atomic E-state index is 13.2. The van der Waals surface area contributed by atoms with Gasteiger partial charge in [0.25, 0.3) is 5.91 Å². The minimum atomic E-state index is -0.578. The van der Waals surface area contributed by atoms with E-state index in [-0.39, 0.29) is 23.1 Å². The number of oxazole rings is 1. The van der Waals surface area contributed by atoms with Crippen molar-refractivity contribution in [2.24, 2.45) is 0 Å². The van der Waals surface area contributed by atoms with Gasteiger partial charge in [0.1, 0.15) is 0 Å². The molecule has 1 aliphatic heterocycles. The molecule has 0 saturated carbocycles. The van der Waals surface area contributed by atoms with Gasteiger partial charge in [-0.05, 0) is 37.0 Å². The Morgan fingerprint density at radius 2 is 2.04 bits per heavy atom. The van der Waals surface area contributed by atoms with Crippen molar-refractivity contribution < 1.29 is 9.21 Å². The summed E-state index contributed by atoms with van der Waals surface area (Å²) in [5, 5.41) is 0. The van der Waals surface area contributed by atoms with Crippen LogP contribution in [0, 0.1) is 0 Å². The van der Waals surface area contributed by atoms with Crippen LogP contribution in [0.5, 0.6) is 0 Å². The number of amides is 1. The van der Waals surface area contributed by atoms with E-state index in [0.29, 0.717) is 17.6 Å². The van der Waals surface area contributed by atoms with Gasteiger partial charge in [-0.2, -0.15) is 0 Å². The number of nitrogens with one attached hydrogen (secondary N) is 2. The number of hydrogen-bond donors (Lipinski definition) is 2. The number of nitrogens with zero attached hydrogens (tertiary/aromatic N) is 1. The Morgan fingerprint density at radius 3 is 2.84 bits per heavy atom. The largest absolute Gasteiger partial charge is 0.417 e. The number of carbonyl (C=O) groups is 1. The lowest BCUT2D eigenvalue weighted by Gasteiger charge is -2.36. The molecule has 25 heavy (non-hydrogen) atoms. The van der Waals surface area contributed by atoms with E-state index in [1.807, 2.05) is 0 Å². The van der Waals surface area contributed by atoms with Crippen molar-refractivity contribution in [3.05, 3.63) is 68.6 Å². The molecule has 2 N–H and O–H groups in total. The van der Waals surface area contributed by atoms with Crippen LogP contribution in [0.1, 0.15) is 41.2 Å². The fourth-order valence-electron chi connectivity index (χ4n) is 3.45. The minimum absolute atomic E-state index is 0.112. The number of hydrogen-bond acceptors (Lipinski definition) is 4. The van der Waals surface area contributed by atoms with E-state index >= 15 is 0 Å². The first-order valence-electron chi connectivity index (χ1n) is 8.25. The first-order chi connectivity index (χ1) is 12.1. The molecule has 0 spiro atoms. The number of aromatic nitrogens is 2. The molecule has 1 aliphatic rings. The van der Waals surface area contributed by atoms with Gasteiger partial charge in [0, 0.05) is 18.8 Å². The van der Waals surface area contributed by atoms with Gasteiger partial charge in [0.15, 0.2) is 5.58 Å². The number of fused-ring (bicyclic) bond motifs is 1. The zero-order chi connectivity index (χ0) is 17.4. The predicted molar refractivity (Wildman–Crippen MR) is 91.5 cm³/mol. The second-order valence-electron chi connectivity index (χ2n) is 6.19. The monoisotopic (exact) mass is 339 g/mol. The lowest BCUT2D eigenvalue weighted by molar-refractivity contribution is 0.0612. The average molecular weight is 339 g/mol. The van der Waals surface area contributed by atoms with Gasteiger partial charge in [-0.25, -0.2) is 4.79 Å². The summed E-state index contributed by atoms with van der Waals surface area (Å²) in [5.41, 5.74) is 1.88. The summed E-state index contributed by atoms with van der Waals surface area (Å²) in [6, 6.07) is 8.20. The third-order valence-corrected chi connectivity index (χ3v) is 4.63. The molecule has 1 unspecified atom stereocenters. The summed E-state index contributed by atoms with van der Waals surface area (Å²) in [4.78, 5) is 43.0. The molecule has 7 nitrogen and oxygen atoms in total. The number of H-pyrrole nitrogens is 2. The smallest absolute Gasteiger partial charge is 0.407 e. The van der Waals surface area contributed by atoms with Crippen molar-refractivity contribution in [2.75, 3.05) is 6.54 Å². The molecule has 1 aromatic carbocycles. The number of benzene rings is 1. The summed E-state index contributed by atoms with van der Waals surface area (Å²) < 4.78 is 5.16. The molecular formula is C18H17N3O4. The summed E-state index contributed by atoms with van der Waals surface area (Å²) in [6.45, 7) is 0.619. The first kappa shape index (κ1) is 15.4. The molecule has 0 bridgehead atoms. The number of rotatable bonds is 2. The lowest BCUT2D eigenvalue weighted by Crippen LogP contribution is -2.38. The Bertz CT molecular complexity index is 1030. The van der Waals surface area contributed by atoms with Crippen LogP contribution < -0.4 is 11.3 Å². The quantitative estimate of drug-likeness (QED) is 0.747. The number of aromatic amines is 2. The van der Waals surface area contributed by atoms with Gasteiger partial charge >= 0.3 is 5.76 Å². The van der Waals surface area contributed by atoms with Gasteiger partial charge in [0.2, 0.25) is 5.56 Å². The van der Waals surface area contributed by atoms with Crippen molar-refractivity contribution >= 4 is 17.0 Å². The number of para-hydroxylation sites is 1. The molecule has 1 atom stereocenters. The highest BCUT2D eigenvalue weighted by Crippen LogP contribution is 2.32. The van der Waals surface area contributed by atoms with Crippen LogP contribution in [0.15, 0.2) is 50.5 Å². The van der Waals surface area contributed by atoms with Gasteiger partial charge in [-0.15, -0.1) is 0 Å². The highest BCUT2D eigenvalue weighted by molar-refractivity contribution is 6.04. The molecule has 2 aromatic heterocycles.